The lowest BCUT2D eigenvalue weighted by Gasteiger charge is -2.25. The van der Waals surface area contributed by atoms with Gasteiger partial charge in [-0.25, -0.2) is 9.97 Å². The number of nitrogens with zero attached hydrogens (tertiary/aromatic N) is 2. The van der Waals surface area contributed by atoms with E-state index in [4.69, 9.17) is 10.5 Å². The minimum absolute atomic E-state index is 0.318. The molecule has 17 heavy (non-hydrogen) atoms. The molecular weight excluding hydrogens is 216 g/mol. The average Bonchev–Trinajstić information content (AvgIpc) is 2.30. The van der Waals surface area contributed by atoms with Crippen LogP contribution in [0.15, 0.2) is 6.33 Å². The Hall–Kier alpha value is -1.36. The summed E-state index contributed by atoms with van der Waals surface area (Å²) in [5.41, 5.74) is 6.92. The van der Waals surface area contributed by atoms with Crippen LogP contribution in [0.25, 0.3) is 0 Å². The maximum atomic E-state index is 5.91. The Morgan fingerprint density at radius 2 is 2.06 bits per heavy atom. The van der Waals surface area contributed by atoms with Gasteiger partial charge in [0.1, 0.15) is 18.0 Å². The predicted molar refractivity (Wildman–Crippen MR) is 68.0 cm³/mol. The molecule has 2 heterocycles. The van der Waals surface area contributed by atoms with E-state index in [9.17, 15) is 0 Å². The van der Waals surface area contributed by atoms with Crippen LogP contribution in [0.2, 0.25) is 0 Å². The van der Waals surface area contributed by atoms with E-state index in [0.717, 1.165) is 37.4 Å². The molecule has 3 N–H and O–H groups in total. The molecule has 0 radical (unpaired) electrons. The highest BCUT2D eigenvalue weighted by molar-refractivity contribution is 5.57. The molecule has 1 aliphatic heterocycles. The number of nitrogens with one attached hydrogen (secondary N) is 1. The summed E-state index contributed by atoms with van der Waals surface area (Å²) in [5, 5.41) is 3.46. The number of rotatable bonds is 3. The number of nitrogen functional groups attached to an aromatic ring is 1. The highest BCUT2D eigenvalue weighted by Crippen LogP contribution is 2.27. The Morgan fingerprint density at radius 1 is 1.35 bits per heavy atom. The highest BCUT2D eigenvalue weighted by atomic mass is 16.5. The molecule has 1 fully saturated rings. The van der Waals surface area contributed by atoms with Gasteiger partial charge in [0, 0.05) is 24.8 Å². The van der Waals surface area contributed by atoms with E-state index < -0.39 is 0 Å². The van der Waals surface area contributed by atoms with Gasteiger partial charge in [0.05, 0.1) is 0 Å². The highest BCUT2D eigenvalue weighted by Gasteiger charge is 2.18. The van der Waals surface area contributed by atoms with Gasteiger partial charge in [-0.15, -0.1) is 0 Å². The van der Waals surface area contributed by atoms with Crippen LogP contribution in [0.3, 0.4) is 0 Å². The molecule has 0 aromatic carbocycles. The molecule has 5 nitrogen and oxygen atoms in total. The zero-order valence-corrected chi connectivity index (χ0v) is 10.4. The minimum atomic E-state index is 0.318. The fourth-order valence-electron chi connectivity index (χ4n) is 2.13. The Balaban J connectivity index is 2.16. The number of hydrogen-bond acceptors (Lipinski definition) is 5. The van der Waals surface area contributed by atoms with Crippen LogP contribution >= 0.6 is 0 Å². The van der Waals surface area contributed by atoms with Gasteiger partial charge >= 0.3 is 0 Å². The molecule has 0 bridgehead atoms. The summed E-state index contributed by atoms with van der Waals surface area (Å²) in [4.78, 5) is 8.37. The van der Waals surface area contributed by atoms with Crippen molar-refractivity contribution in [2.45, 2.75) is 38.6 Å². The molecule has 1 aromatic rings. The second-order valence-electron chi connectivity index (χ2n) is 4.71. The summed E-state index contributed by atoms with van der Waals surface area (Å²) in [6, 6.07) is 0.426. The third kappa shape index (κ3) is 2.85. The summed E-state index contributed by atoms with van der Waals surface area (Å²) in [7, 11) is 0. The van der Waals surface area contributed by atoms with Crippen LogP contribution in [-0.4, -0.2) is 29.2 Å². The lowest BCUT2D eigenvalue weighted by molar-refractivity contribution is 0.0903. The number of ether oxygens (including phenoxy) is 1. The fraction of sp³-hybridized carbons (Fsp3) is 0.667. The number of aromatic nitrogens is 2. The lowest BCUT2D eigenvalue weighted by Crippen LogP contribution is -2.29. The van der Waals surface area contributed by atoms with Crippen LogP contribution < -0.4 is 11.1 Å². The zero-order valence-electron chi connectivity index (χ0n) is 10.4. The molecule has 5 heteroatoms. The predicted octanol–water partition coefficient (Wildman–Crippen LogP) is 1.77. The summed E-state index contributed by atoms with van der Waals surface area (Å²) >= 11 is 0. The molecule has 1 aliphatic rings. The van der Waals surface area contributed by atoms with Crippen molar-refractivity contribution in [2.75, 3.05) is 24.3 Å². The monoisotopic (exact) mass is 236 g/mol. The van der Waals surface area contributed by atoms with Crippen LogP contribution in [0.4, 0.5) is 11.6 Å². The van der Waals surface area contributed by atoms with Gasteiger partial charge in [-0.1, -0.05) is 13.8 Å². The molecular formula is C12H20N4O. The number of nitrogens with two attached hydrogens (primary N) is 1. The van der Waals surface area contributed by atoms with Gasteiger partial charge in [-0.2, -0.15) is 0 Å². The van der Waals surface area contributed by atoms with E-state index in [0.29, 0.717) is 17.8 Å². The van der Waals surface area contributed by atoms with E-state index in [1.807, 2.05) is 0 Å². The Kier molecular flexibility index (Phi) is 3.78. The first-order chi connectivity index (χ1) is 8.18. The second-order valence-corrected chi connectivity index (χ2v) is 4.71. The molecule has 94 valence electrons. The van der Waals surface area contributed by atoms with E-state index in [1.165, 1.54) is 6.33 Å². The standard InChI is InChI=1S/C12H20N4O/c1-8(2)10-11(13)14-7-15-12(10)16-9-3-5-17-6-4-9/h7-9H,3-6H2,1-2H3,(H3,13,14,15,16). The topological polar surface area (TPSA) is 73.1 Å². The zero-order chi connectivity index (χ0) is 12.3. The van der Waals surface area contributed by atoms with Gasteiger partial charge in [0.25, 0.3) is 0 Å². The molecule has 0 spiro atoms. The van der Waals surface area contributed by atoms with Crippen molar-refractivity contribution in [3.05, 3.63) is 11.9 Å². The van der Waals surface area contributed by atoms with Crippen molar-refractivity contribution < 1.29 is 4.74 Å². The fourth-order valence-corrected chi connectivity index (χ4v) is 2.13. The van der Waals surface area contributed by atoms with E-state index in [-0.39, 0.29) is 0 Å². The quantitative estimate of drug-likeness (QED) is 0.836. The molecule has 1 aromatic heterocycles. The van der Waals surface area contributed by atoms with Gasteiger partial charge in [0.15, 0.2) is 0 Å². The summed E-state index contributed by atoms with van der Waals surface area (Å²) in [5.74, 6) is 1.77. The van der Waals surface area contributed by atoms with E-state index in [2.05, 4.69) is 29.1 Å². The van der Waals surface area contributed by atoms with Crippen molar-refractivity contribution in [1.29, 1.82) is 0 Å². The molecule has 0 atom stereocenters. The molecule has 0 aliphatic carbocycles. The Bertz CT molecular complexity index is 375. The molecule has 1 saturated heterocycles. The van der Waals surface area contributed by atoms with Crippen LogP contribution in [0, 0.1) is 0 Å². The Morgan fingerprint density at radius 3 is 2.71 bits per heavy atom. The average molecular weight is 236 g/mol. The van der Waals surface area contributed by atoms with Crippen molar-refractivity contribution >= 4 is 11.6 Å². The van der Waals surface area contributed by atoms with Crippen LogP contribution in [0.1, 0.15) is 38.2 Å². The smallest absolute Gasteiger partial charge is 0.135 e. The van der Waals surface area contributed by atoms with Crippen molar-refractivity contribution in [3.63, 3.8) is 0 Å². The first-order valence-electron chi connectivity index (χ1n) is 6.13. The maximum absolute atomic E-state index is 5.91. The van der Waals surface area contributed by atoms with Crippen molar-refractivity contribution in [1.82, 2.24) is 9.97 Å². The first kappa shape index (κ1) is 12.1. The number of hydrogen-bond donors (Lipinski definition) is 2. The van der Waals surface area contributed by atoms with Crippen LogP contribution in [-0.2, 0) is 4.74 Å². The van der Waals surface area contributed by atoms with Gasteiger partial charge in [-0.3, -0.25) is 0 Å². The largest absolute Gasteiger partial charge is 0.383 e. The van der Waals surface area contributed by atoms with Crippen molar-refractivity contribution in [3.8, 4) is 0 Å². The van der Waals surface area contributed by atoms with Gasteiger partial charge < -0.3 is 15.8 Å². The second kappa shape index (κ2) is 5.31. The molecule has 0 saturated carbocycles. The Labute approximate surface area is 102 Å². The number of anilines is 2. The first-order valence-corrected chi connectivity index (χ1v) is 6.13. The maximum Gasteiger partial charge on any atom is 0.135 e. The van der Waals surface area contributed by atoms with E-state index in [1.54, 1.807) is 0 Å². The summed E-state index contributed by atoms with van der Waals surface area (Å²) < 4.78 is 5.34. The third-order valence-electron chi connectivity index (χ3n) is 3.05. The lowest BCUT2D eigenvalue weighted by atomic mass is 10.0. The van der Waals surface area contributed by atoms with Crippen molar-refractivity contribution in [2.24, 2.45) is 0 Å². The summed E-state index contributed by atoms with van der Waals surface area (Å²) in [6.45, 7) is 5.83. The minimum Gasteiger partial charge on any atom is -0.383 e. The molecule has 2 rings (SSSR count). The third-order valence-corrected chi connectivity index (χ3v) is 3.05. The molecule has 0 unspecified atom stereocenters. The van der Waals surface area contributed by atoms with Crippen LogP contribution in [0.5, 0.6) is 0 Å². The van der Waals surface area contributed by atoms with Gasteiger partial charge in [-0.05, 0) is 18.8 Å². The normalized spacial score (nSPS) is 17.4. The summed E-state index contributed by atoms with van der Waals surface area (Å²) in [6.07, 6.45) is 3.55. The van der Waals surface area contributed by atoms with Gasteiger partial charge in [0.2, 0.25) is 0 Å². The molecule has 0 amide bonds. The van der Waals surface area contributed by atoms with E-state index >= 15 is 0 Å². The SMILES string of the molecule is CC(C)c1c(N)ncnc1NC1CCOCC1.